The van der Waals surface area contributed by atoms with Crippen LogP contribution in [0.4, 0.5) is 0 Å². The van der Waals surface area contributed by atoms with E-state index in [1.54, 1.807) is 12.7 Å². The van der Waals surface area contributed by atoms with Gasteiger partial charge in [-0.15, -0.1) is 10.2 Å². The lowest BCUT2D eigenvalue weighted by Gasteiger charge is -2.12. The molecular formula is C18H28N6. The first-order chi connectivity index (χ1) is 11.7. The summed E-state index contributed by atoms with van der Waals surface area (Å²) in [5.41, 5.74) is 4.01. The maximum absolute atomic E-state index is 4.27. The zero-order valence-corrected chi connectivity index (χ0v) is 14.9. The summed E-state index contributed by atoms with van der Waals surface area (Å²) in [6, 6.07) is 6.70. The van der Waals surface area contributed by atoms with Crippen molar-refractivity contribution >= 4 is 5.96 Å². The highest BCUT2D eigenvalue weighted by molar-refractivity contribution is 5.79. The molecule has 0 fully saturated rings. The van der Waals surface area contributed by atoms with Gasteiger partial charge >= 0.3 is 0 Å². The normalized spacial score (nSPS) is 11.5. The monoisotopic (exact) mass is 328 g/mol. The fourth-order valence-corrected chi connectivity index (χ4v) is 2.72. The highest BCUT2D eigenvalue weighted by Crippen LogP contribution is 2.08. The van der Waals surface area contributed by atoms with Crippen molar-refractivity contribution in [3.8, 4) is 0 Å². The van der Waals surface area contributed by atoms with Crippen LogP contribution in [0.2, 0.25) is 0 Å². The molecule has 0 atom stereocenters. The average Bonchev–Trinajstić information content (AvgIpc) is 3.05. The molecule has 2 aromatic rings. The van der Waals surface area contributed by atoms with Crippen molar-refractivity contribution in [2.24, 2.45) is 4.99 Å². The van der Waals surface area contributed by atoms with Crippen LogP contribution in [0, 0.1) is 13.8 Å². The first-order valence-electron chi connectivity index (χ1n) is 8.51. The minimum Gasteiger partial charge on any atom is -0.356 e. The van der Waals surface area contributed by atoms with Gasteiger partial charge in [0.05, 0.1) is 0 Å². The Hall–Kier alpha value is -2.37. The molecule has 130 valence electrons. The van der Waals surface area contributed by atoms with Gasteiger partial charge in [0.2, 0.25) is 0 Å². The fraction of sp³-hybridized carbons (Fsp3) is 0.500. The zero-order chi connectivity index (χ0) is 17.2. The standard InChI is InChI=1S/C18H28N6/c1-15-10-16(2)12-17(11-15)6-8-21-18(19-3)20-7-4-5-9-24-13-22-23-14-24/h10-14H,4-9H2,1-3H3,(H2,19,20,21). The van der Waals surface area contributed by atoms with E-state index in [4.69, 9.17) is 0 Å². The summed E-state index contributed by atoms with van der Waals surface area (Å²) in [6.45, 7) is 7.02. The third-order valence-electron chi connectivity index (χ3n) is 3.81. The molecule has 0 radical (unpaired) electrons. The van der Waals surface area contributed by atoms with Crippen LogP contribution in [0.5, 0.6) is 0 Å². The van der Waals surface area contributed by atoms with E-state index in [0.717, 1.165) is 44.9 Å². The second-order valence-electron chi connectivity index (χ2n) is 6.08. The number of aryl methyl sites for hydroxylation is 3. The van der Waals surface area contributed by atoms with Gasteiger partial charge in [-0.2, -0.15) is 0 Å². The number of guanidine groups is 1. The van der Waals surface area contributed by atoms with Gasteiger partial charge in [0.25, 0.3) is 0 Å². The molecule has 0 saturated heterocycles. The van der Waals surface area contributed by atoms with Crippen molar-refractivity contribution in [1.29, 1.82) is 0 Å². The van der Waals surface area contributed by atoms with Crippen LogP contribution in [0.1, 0.15) is 29.5 Å². The predicted molar refractivity (Wildman–Crippen MR) is 98.2 cm³/mol. The molecule has 24 heavy (non-hydrogen) atoms. The quantitative estimate of drug-likeness (QED) is 0.442. The van der Waals surface area contributed by atoms with Crippen molar-refractivity contribution in [2.75, 3.05) is 20.1 Å². The number of nitrogens with zero attached hydrogens (tertiary/aromatic N) is 4. The van der Waals surface area contributed by atoms with Gasteiger partial charge in [0.15, 0.2) is 5.96 Å². The summed E-state index contributed by atoms with van der Waals surface area (Å²) in [6.07, 6.45) is 6.67. The van der Waals surface area contributed by atoms with Crippen molar-refractivity contribution in [1.82, 2.24) is 25.4 Å². The molecule has 0 saturated carbocycles. The lowest BCUT2D eigenvalue weighted by atomic mass is 10.1. The maximum atomic E-state index is 4.27. The summed E-state index contributed by atoms with van der Waals surface area (Å²) in [5.74, 6) is 0.865. The first-order valence-corrected chi connectivity index (χ1v) is 8.51. The summed E-state index contributed by atoms with van der Waals surface area (Å²) in [7, 11) is 1.81. The van der Waals surface area contributed by atoms with E-state index in [1.165, 1.54) is 16.7 Å². The molecule has 1 aromatic carbocycles. The Morgan fingerprint density at radius 1 is 1.00 bits per heavy atom. The number of benzene rings is 1. The van der Waals surface area contributed by atoms with Crippen LogP contribution >= 0.6 is 0 Å². The number of unbranched alkanes of at least 4 members (excludes halogenated alkanes) is 1. The Kier molecular flexibility index (Phi) is 7.26. The Labute approximate surface area is 144 Å². The Balaban J connectivity index is 1.61. The van der Waals surface area contributed by atoms with Gasteiger partial charge in [-0.25, -0.2) is 0 Å². The van der Waals surface area contributed by atoms with E-state index >= 15 is 0 Å². The van der Waals surface area contributed by atoms with Crippen LogP contribution in [-0.4, -0.2) is 40.9 Å². The van der Waals surface area contributed by atoms with Crippen LogP contribution in [0.3, 0.4) is 0 Å². The summed E-state index contributed by atoms with van der Waals surface area (Å²) < 4.78 is 2.00. The molecule has 0 amide bonds. The van der Waals surface area contributed by atoms with E-state index in [-0.39, 0.29) is 0 Å². The number of aromatic nitrogens is 3. The number of rotatable bonds is 8. The molecule has 1 aromatic heterocycles. The smallest absolute Gasteiger partial charge is 0.190 e. The molecule has 0 spiro atoms. The van der Waals surface area contributed by atoms with Gasteiger partial charge in [-0.05, 0) is 38.7 Å². The van der Waals surface area contributed by atoms with Crippen LogP contribution in [0.25, 0.3) is 0 Å². The highest BCUT2D eigenvalue weighted by Gasteiger charge is 2.00. The molecule has 0 aliphatic heterocycles. The fourth-order valence-electron chi connectivity index (χ4n) is 2.72. The maximum Gasteiger partial charge on any atom is 0.190 e. The lowest BCUT2D eigenvalue weighted by Crippen LogP contribution is -2.38. The van der Waals surface area contributed by atoms with Gasteiger partial charge in [-0.3, -0.25) is 4.99 Å². The Bertz CT molecular complexity index is 613. The van der Waals surface area contributed by atoms with E-state index in [0.29, 0.717) is 0 Å². The Morgan fingerprint density at radius 3 is 2.33 bits per heavy atom. The molecule has 6 nitrogen and oxygen atoms in total. The lowest BCUT2D eigenvalue weighted by molar-refractivity contribution is 0.597. The second-order valence-corrected chi connectivity index (χ2v) is 6.08. The minimum atomic E-state index is 0.865. The molecule has 1 heterocycles. The molecule has 0 unspecified atom stereocenters. The molecular weight excluding hydrogens is 300 g/mol. The van der Waals surface area contributed by atoms with Gasteiger partial charge in [0, 0.05) is 26.7 Å². The second kappa shape index (κ2) is 9.70. The van der Waals surface area contributed by atoms with E-state index < -0.39 is 0 Å². The third kappa shape index (κ3) is 6.40. The zero-order valence-electron chi connectivity index (χ0n) is 14.9. The van der Waals surface area contributed by atoms with Crippen molar-refractivity contribution < 1.29 is 0 Å². The van der Waals surface area contributed by atoms with Crippen molar-refractivity contribution in [3.63, 3.8) is 0 Å². The van der Waals surface area contributed by atoms with Gasteiger partial charge in [-0.1, -0.05) is 29.3 Å². The molecule has 2 N–H and O–H groups in total. The van der Waals surface area contributed by atoms with Crippen LogP contribution in [-0.2, 0) is 13.0 Å². The number of hydrogen-bond donors (Lipinski definition) is 2. The molecule has 0 aliphatic carbocycles. The average molecular weight is 328 g/mol. The summed E-state index contributed by atoms with van der Waals surface area (Å²) in [5, 5.41) is 14.3. The third-order valence-corrected chi connectivity index (χ3v) is 3.81. The molecule has 2 rings (SSSR count). The van der Waals surface area contributed by atoms with E-state index in [1.807, 2.05) is 11.6 Å². The van der Waals surface area contributed by atoms with Crippen molar-refractivity contribution in [3.05, 3.63) is 47.5 Å². The summed E-state index contributed by atoms with van der Waals surface area (Å²) in [4.78, 5) is 4.27. The topological polar surface area (TPSA) is 67.1 Å². The first kappa shape index (κ1) is 18.0. The van der Waals surface area contributed by atoms with E-state index in [9.17, 15) is 0 Å². The summed E-state index contributed by atoms with van der Waals surface area (Å²) >= 11 is 0. The number of hydrogen-bond acceptors (Lipinski definition) is 3. The Morgan fingerprint density at radius 2 is 1.67 bits per heavy atom. The largest absolute Gasteiger partial charge is 0.356 e. The van der Waals surface area contributed by atoms with Gasteiger partial charge in [0.1, 0.15) is 12.7 Å². The number of nitrogens with one attached hydrogen (secondary N) is 2. The predicted octanol–water partition coefficient (Wildman–Crippen LogP) is 2.08. The van der Waals surface area contributed by atoms with Crippen LogP contribution in [0.15, 0.2) is 35.8 Å². The van der Waals surface area contributed by atoms with E-state index in [2.05, 4.69) is 57.9 Å². The highest BCUT2D eigenvalue weighted by atomic mass is 15.2. The molecule has 0 aliphatic rings. The minimum absolute atomic E-state index is 0.865. The SMILES string of the molecule is CN=C(NCCCCn1cnnc1)NCCc1cc(C)cc(C)c1. The van der Waals surface area contributed by atoms with Crippen LogP contribution < -0.4 is 10.6 Å². The molecule has 6 heteroatoms. The van der Waals surface area contributed by atoms with Gasteiger partial charge < -0.3 is 15.2 Å². The molecule has 0 bridgehead atoms. The van der Waals surface area contributed by atoms with Crippen molar-refractivity contribution in [2.45, 2.75) is 39.7 Å². The number of aliphatic imine (C=N–C) groups is 1.